The molecule has 3 heterocycles. The van der Waals surface area contributed by atoms with E-state index in [1.54, 1.807) is 4.57 Å². The van der Waals surface area contributed by atoms with Crippen molar-refractivity contribution >= 4 is 17.8 Å². The smallest absolute Gasteiger partial charge is 0.286 e. The molecule has 0 radical (unpaired) electrons. The van der Waals surface area contributed by atoms with Gasteiger partial charge in [0.25, 0.3) is 5.91 Å². The van der Waals surface area contributed by atoms with Gasteiger partial charge in [0, 0.05) is 32.6 Å². The summed E-state index contributed by atoms with van der Waals surface area (Å²) in [6, 6.07) is 0.228. The van der Waals surface area contributed by atoms with E-state index in [0.717, 1.165) is 32.5 Å². The molecule has 2 fully saturated rings. The lowest BCUT2D eigenvalue weighted by atomic mass is 10.2. The van der Waals surface area contributed by atoms with Gasteiger partial charge in [0.05, 0.1) is 6.04 Å². The Morgan fingerprint density at radius 3 is 2.74 bits per heavy atom. The van der Waals surface area contributed by atoms with Crippen molar-refractivity contribution in [1.82, 2.24) is 19.7 Å². The van der Waals surface area contributed by atoms with Crippen LogP contribution >= 0.6 is 0 Å². The monoisotopic (exact) mass is 320 g/mol. The van der Waals surface area contributed by atoms with Crippen molar-refractivity contribution in [3.63, 3.8) is 0 Å². The summed E-state index contributed by atoms with van der Waals surface area (Å²) < 4.78 is 1.81. The van der Waals surface area contributed by atoms with Crippen LogP contribution in [0.1, 0.15) is 43.7 Å². The first-order chi connectivity index (χ1) is 11.0. The van der Waals surface area contributed by atoms with Crippen molar-refractivity contribution in [2.45, 2.75) is 45.7 Å². The van der Waals surface area contributed by atoms with Crippen molar-refractivity contribution in [3.8, 4) is 0 Å². The Bertz CT molecular complexity index is 611. The number of carbonyl (C=O) groups is 2. The van der Waals surface area contributed by atoms with Gasteiger partial charge in [-0.15, -0.1) is 10.2 Å². The van der Waals surface area contributed by atoms with Gasteiger partial charge in [-0.2, -0.15) is 0 Å². The topological polar surface area (TPSA) is 97.3 Å². The van der Waals surface area contributed by atoms with Crippen LogP contribution in [0.5, 0.6) is 0 Å². The number of nitrogens with two attached hydrogens (primary N) is 1. The molecule has 0 aliphatic carbocycles. The number of anilines is 1. The molecule has 2 aliphatic heterocycles. The second-order valence-corrected chi connectivity index (χ2v) is 6.77. The molecule has 3 rings (SSSR count). The molecule has 0 spiro atoms. The summed E-state index contributed by atoms with van der Waals surface area (Å²) >= 11 is 0. The maximum absolute atomic E-state index is 11.9. The molecule has 8 heteroatoms. The molecular weight excluding hydrogens is 296 g/mol. The number of aromatic nitrogens is 3. The first-order valence-electron chi connectivity index (χ1n) is 8.24. The number of nitrogens with zero attached hydrogens (tertiary/aromatic N) is 5. The van der Waals surface area contributed by atoms with E-state index in [1.165, 1.54) is 0 Å². The van der Waals surface area contributed by atoms with E-state index in [0.29, 0.717) is 24.8 Å². The summed E-state index contributed by atoms with van der Waals surface area (Å²) in [6.45, 7) is 7.19. The average molecular weight is 320 g/mol. The van der Waals surface area contributed by atoms with Crippen LogP contribution in [0.2, 0.25) is 0 Å². The Balaban J connectivity index is 1.79. The Hall–Kier alpha value is -2.12. The summed E-state index contributed by atoms with van der Waals surface area (Å²) in [6.07, 6.45) is 2.53. The van der Waals surface area contributed by atoms with E-state index in [1.807, 2.05) is 4.90 Å². The number of rotatable bonds is 5. The lowest BCUT2D eigenvalue weighted by molar-refractivity contribution is -0.129. The summed E-state index contributed by atoms with van der Waals surface area (Å²) in [5.74, 6) is 0.922. The van der Waals surface area contributed by atoms with Gasteiger partial charge < -0.3 is 15.5 Å². The summed E-state index contributed by atoms with van der Waals surface area (Å²) in [7, 11) is 0. The molecule has 0 bridgehead atoms. The molecular formula is C15H24N6O2. The van der Waals surface area contributed by atoms with E-state index in [-0.39, 0.29) is 17.8 Å². The number of primary amides is 1. The molecule has 2 amide bonds. The second kappa shape index (κ2) is 6.17. The van der Waals surface area contributed by atoms with Gasteiger partial charge in [-0.25, -0.2) is 0 Å². The van der Waals surface area contributed by atoms with Crippen LogP contribution in [0.3, 0.4) is 0 Å². The fourth-order valence-corrected chi connectivity index (χ4v) is 3.48. The first-order valence-corrected chi connectivity index (χ1v) is 8.24. The number of hydrogen-bond acceptors (Lipinski definition) is 5. The molecule has 8 nitrogen and oxygen atoms in total. The largest absolute Gasteiger partial charge is 0.363 e. The number of hydrogen-bond donors (Lipinski definition) is 1. The van der Waals surface area contributed by atoms with Crippen molar-refractivity contribution in [1.29, 1.82) is 0 Å². The summed E-state index contributed by atoms with van der Waals surface area (Å²) in [4.78, 5) is 27.6. The van der Waals surface area contributed by atoms with Crippen molar-refractivity contribution in [2.24, 2.45) is 11.7 Å². The van der Waals surface area contributed by atoms with E-state index in [9.17, 15) is 9.59 Å². The zero-order chi connectivity index (χ0) is 16.6. The Kier molecular flexibility index (Phi) is 4.23. The van der Waals surface area contributed by atoms with Crippen molar-refractivity contribution < 1.29 is 9.59 Å². The van der Waals surface area contributed by atoms with Gasteiger partial charge in [-0.1, -0.05) is 13.8 Å². The molecule has 2 saturated heterocycles. The zero-order valence-electron chi connectivity index (χ0n) is 13.7. The lowest BCUT2D eigenvalue weighted by Gasteiger charge is -2.24. The fraction of sp³-hybridized carbons (Fsp3) is 0.733. The van der Waals surface area contributed by atoms with Crippen molar-refractivity contribution in [2.75, 3.05) is 24.5 Å². The highest BCUT2D eigenvalue weighted by Crippen LogP contribution is 2.25. The summed E-state index contributed by atoms with van der Waals surface area (Å²) in [5.41, 5.74) is 5.41. The lowest BCUT2D eigenvalue weighted by Crippen LogP contribution is -2.38. The van der Waals surface area contributed by atoms with Gasteiger partial charge >= 0.3 is 0 Å². The summed E-state index contributed by atoms with van der Waals surface area (Å²) in [5, 5.41) is 8.15. The van der Waals surface area contributed by atoms with E-state index in [2.05, 4.69) is 28.9 Å². The van der Waals surface area contributed by atoms with Gasteiger partial charge in [-0.3, -0.25) is 14.2 Å². The fourth-order valence-electron chi connectivity index (χ4n) is 3.48. The minimum atomic E-state index is -0.560. The van der Waals surface area contributed by atoms with Gasteiger partial charge in [0.2, 0.25) is 17.7 Å². The third-order valence-electron chi connectivity index (χ3n) is 4.50. The molecule has 1 unspecified atom stereocenters. The van der Waals surface area contributed by atoms with Crippen LogP contribution in [-0.4, -0.2) is 57.2 Å². The maximum Gasteiger partial charge on any atom is 0.286 e. The number of carbonyl (C=O) groups excluding carboxylic acids is 2. The Labute approximate surface area is 135 Å². The minimum absolute atomic E-state index is 0.203. The molecule has 126 valence electrons. The molecule has 1 atom stereocenters. The molecule has 0 saturated carbocycles. The van der Waals surface area contributed by atoms with Crippen LogP contribution in [0.15, 0.2) is 0 Å². The van der Waals surface area contributed by atoms with Crippen molar-refractivity contribution in [3.05, 3.63) is 5.82 Å². The third kappa shape index (κ3) is 3.02. The van der Waals surface area contributed by atoms with E-state index < -0.39 is 5.91 Å². The molecule has 2 aliphatic rings. The van der Waals surface area contributed by atoms with Gasteiger partial charge in [0.15, 0.2) is 0 Å². The normalized spacial score (nSPS) is 21.7. The van der Waals surface area contributed by atoms with Crippen LogP contribution in [0.4, 0.5) is 5.95 Å². The molecule has 23 heavy (non-hydrogen) atoms. The molecule has 2 N–H and O–H groups in total. The Morgan fingerprint density at radius 2 is 2.13 bits per heavy atom. The Morgan fingerprint density at radius 1 is 1.35 bits per heavy atom. The van der Waals surface area contributed by atoms with E-state index in [4.69, 9.17) is 5.73 Å². The molecule has 0 aromatic carbocycles. The minimum Gasteiger partial charge on any atom is -0.363 e. The molecule has 1 aromatic rings. The SMILES string of the molecule is CC(C)Cn1c(C(N)=O)nnc1N1CCC(N2CCCC2=O)C1. The van der Waals surface area contributed by atoms with Gasteiger partial charge in [-0.05, 0) is 18.8 Å². The molecule has 1 aromatic heterocycles. The predicted octanol–water partition coefficient (Wildman–Crippen LogP) is 0.234. The van der Waals surface area contributed by atoms with Crippen LogP contribution in [0, 0.1) is 5.92 Å². The number of likely N-dealkylation sites (tertiary alicyclic amines) is 1. The van der Waals surface area contributed by atoms with Crippen LogP contribution < -0.4 is 10.6 Å². The van der Waals surface area contributed by atoms with E-state index >= 15 is 0 Å². The average Bonchev–Trinajstić information content (AvgIpc) is 3.16. The van der Waals surface area contributed by atoms with Crippen LogP contribution in [-0.2, 0) is 11.3 Å². The maximum atomic E-state index is 11.9. The quantitative estimate of drug-likeness (QED) is 0.838. The first kappa shape index (κ1) is 15.8. The van der Waals surface area contributed by atoms with Gasteiger partial charge in [0.1, 0.15) is 0 Å². The van der Waals surface area contributed by atoms with Crippen LogP contribution in [0.25, 0.3) is 0 Å². The standard InChI is InChI=1S/C15H24N6O2/c1-10(2)8-21-14(13(16)23)17-18-15(21)19-7-5-11(9-19)20-6-3-4-12(20)22/h10-11H,3-9H2,1-2H3,(H2,16,23). The highest BCUT2D eigenvalue weighted by molar-refractivity contribution is 5.89. The highest BCUT2D eigenvalue weighted by atomic mass is 16.2. The highest BCUT2D eigenvalue weighted by Gasteiger charge is 2.35. The number of amides is 2. The predicted molar refractivity (Wildman–Crippen MR) is 84.9 cm³/mol. The zero-order valence-corrected chi connectivity index (χ0v) is 13.7. The second-order valence-electron chi connectivity index (χ2n) is 6.77. The third-order valence-corrected chi connectivity index (χ3v) is 4.50.